The Morgan fingerprint density at radius 2 is 1.74 bits per heavy atom. The average molecular weight is 444 g/mol. The number of hydrogen-bond donors (Lipinski definition) is 1. The van der Waals surface area contributed by atoms with Crippen molar-refractivity contribution < 1.29 is 23.8 Å². The van der Waals surface area contributed by atoms with E-state index in [1.54, 1.807) is 25.3 Å². The van der Waals surface area contributed by atoms with Gasteiger partial charge < -0.3 is 19.5 Å². The van der Waals surface area contributed by atoms with Gasteiger partial charge in [-0.1, -0.05) is 29.5 Å². The molecule has 0 fully saturated rings. The summed E-state index contributed by atoms with van der Waals surface area (Å²) >= 11 is 1.26. The van der Waals surface area contributed by atoms with Gasteiger partial charge in [0.05, 0.1) is 7.11 Å². The molecular weight excluding hydrogens is 418 g/mol. The number of thioether (sulfide) groups is 1. The van der Waals surface area contributed by atoms with Crippen molar-refractivity contribution in [2.45, 2.75) is 26.1 Å². The smallest absolute Gasteiger partial charge is 0.241 e. The van der Waals surface area contributed by atoms with E-state index in [-0.39, 0.29) is 11.8 Å². The fraction of sp³-hybridized carbons (Fsp3) is 0.318. The molecule has 2 aromatic rings. The van der Waals surface area contributed by atoms with Gasteiger partial charge in [0.25, 0.3) is 0 Å². The molecule has 0 radical (unpaired) electrons. The third kappa shape index (κ3) is 5.91. The van der Waals surface area contributed by atoms with E-state index in [1.165, 1.54) is 30.6 Å². The first-order chi connectivity index (χ1) is 14.9. The van der Waals surface area contributed by atoms with Crippen molar-refractivity contribution in [2.75, 3.05) is 20.3 Å². The minimum absolute atomic E-state index is 0.255. The first-order valence-electron chi connectivity index (χ1n) is 9.70. The predicted molar refractivity (Wildman–Crippen MR) is 119 cm³/mol. The molecule has 0 spiro atoms. The highest BCUT2D eigenvalue weighted by atomic mass is 32.2. The van der Waals surface area contributed by atoms with Crippen LogP contribution in [0.15, 0.2) is 47.6 Å². The topological polar surface area (TPSA) is 89.5 Å². The second kappa shape index (κ2) is 10.2. The standard InChI is InChI=1S/C22H25N3O5S/c1-14-5-7-17(8-6-14)29-11-12-30-20-10-9-18(28-4)13-19(20)21-25(16(3)27)24-22(31-21)23-15(2)26/h5-10,13,21H,11-12H2,1-4H3,(H,23,24,26). The van der Waals surface area contributed by atoms with E-state index in [0.29, 0.717) is 35.4 Å². The molecule has 31 heavy (non-hydrogen) atoms. The summed E-state index contributed by atoms with van der Waals surface area (Å²) in [5, 5.41) is 8.05. The van der Waals surface area contributed by atoms with Crippen LogP contribution in [-0.2, 0) is 9.59 Å². The summed E-state index contributed by atoms with van der Waals surface area (Å²) in [6, 6.07) is 13.2. The van der Waals surface area contributed by atoms with Crippen LogP contribution >= 0.6 is 11.8 Å². The van der Waals surface area contributed by atoms with Crippen LogP contribution in [0.1, 0.15) is 30.3 Å². The van der Waals surface area contributed by atoms with Gasteiger partial charge in [0, 0.05) is 19.4 Å². The molecule has 3 rings (SSSR count). The first-order valence-corrected chi connectivity index (χ1v) is 10.6. The summed E-state index contributed by atoms with van der Waals surface area (Å²) in [4.78, 5) is 23.6. The van der Waals surface area contributed by atoms with Gasteiger partial charge in [-0.15, -0.1) is 5.10 Å². The fourth-order valence-electron chi connectivity index (χ4n) is 2.89. The molecule has 0 aromatic heterocycles. The zero-order valence-electron chi connectivity index (χ0n) is 17.9. The number of carbonyl (C=O) groups excluding carboxylic acids is 2. The SMILES string of the molecule is COc1ccc(OCCOc2ccc(C)cc2)c(C2SC(NC(C)=O)=NN2C(C)=O)c1. The molecule has 0 saturated heterocycles. The summed E-state index contributed by atoms with van der Waals surface area (Å²) in [5.41, 5.74) is 1.87. The molecule has 1 N–H and O–H groups in total. The van der Waals surface area contributed by atoms with Crippen LogP contribution in [0.4, 0.5) is 0 Å². The number of hydrogen-bond acceptors (Lipinski definition) is 7. The number of hydrazone groups is 1. The van der Waals surface area contributed by atoms with E-state index in [0.717, 1.165) is 11.3 Å². The van der Waals surface area contributed by atoms with Crippen molar-refractivity contribution in [3.63, 3.8) is 0 Å². The molecule has 1 aliphatic rings. The minimum Gasteiger partial charge on any atom is -0.497 e. The summed E-state index contributed by atoms with van der Waals surface area (Å²) in [5.74, 6) is 1.46. The van der Waals surface area contributed by atoms with Crippen LogP contribution < -0.4 is 19.5 Å². The number of ether oxygens (including phenoxy) is 3. The maximum atomic E-state index is 12.2. The Hall–Kier alpha value is -3.20. The lowest BCUT2D eigenvalue weighted by molar-refractivity contribution is -0.129. The van der Waals surface area contributed by atoms with Crippen LogP contribution in [0.5, 0.6) is 17.2 Å². The number of carbonyl (C=O) groups is 2. The number of nitrogens with zero attached hydrogens (tertiary/aromatic N) is 2. The number of amidine groups is 1. The van der Waals surface area contributed by atoms with E-state index < -0.39 is 5.37 Å². The molecule has 1 atom stereocenters. The van der Waals surface area contributed by atoms with Gasteiger partial charge >= 0.3 is 0 Å². The molecule has 164 valence electrons. The monoisotopic (exact) mass is 443 g/mol. The molecule has 9 heteroatoms. The largest absolute Gasteiger partial charge is 0.497 e. The fourth-order valence-corrected chi connectivity index (χ4v) is 4.04. The Morgan fingerprint density at radius 3 is 2.39 bits per heavy atom. The predicted octanol–water partition coefficient (Wildman–Crippen LogP) is 3.46. The molecule has 2 aromatic carbocycles. The number of benzene rings is 2. The van der Waals surface area contributed by atoms with E-state index in [9.17, 15) is 9.59 Å². The Bertz CT molecular complexity index is 978. The van der Waals surface area contributed by atoms with E-state index >= 15 is 0 Å². The summed E-state index contributed by atoms with van der Waals surface area (Å²) in [6.45, 7) is 5.50. The van der Waals surface area contributed by atoms with E-state index in [1.807, 2.05) is 31.2 Å². The van der Waals surface area contributed by atoms with Gasteiger partial charge in [0.1, 0.15) is 35.8 Å². The van der Waals surface area contributed by atoms with Crippen molar-refractivity contribution in [1.29, 1.82) is 0 Å². The number of methoxy groups -OCH3 is 1. The summed E-state index contributed by atoms with van der Waals surface area (Å²) in [6.07, 6.45) is 0. The number of rotatable bonds is 7. The molecule has 0 aliphatic carbocycles. The van der Waals surface area contributed by atoms with Gasteiger partial charge in [0.2, 0.25) is 11.8 Å². The Labute approximate surface area is 185 Å². The first kappa shape index (κ1) is 22.5. The minimum atomic E-state index is -0.498. The van der Waals surface area contributed by atoms with Gasteiger partial charge in [0.15, 0.2) is 5.17 Å². The van der Waals surface area contributed by atoms with Crippen molar-refractivity contribution in [2.24, 2.45) is 5.10 Å². The maximum Gasteiger partial charge on any atom is 0.241 e. The molecule has 0 bridgehead atoms. The highest BCUT2D eigenvalue weighted by Gasteiger charge is 2.34. The van der Waals surface area contributed by atoms with Crippen molar-refractivity contribution in [3.8, 4) is 17.2 Å². The van der Waals surface area contributed by atoms with Crippen LogP contribution in [-0.4, -0.2) is 42.3 Å². The lowest BCUT2D eigenvalue weighted by atomic mass is 10.1. The number of aryl methyl sites for hydroxylation is 1. The molecule has 1 aliphatic heterocycles. The zero-order chi connectivity index (χ0) is 22.4. The van der Waals surface area contributed by atoms with Crippen molar-refractivity contribution >= 4 is 28.7 Å². The molecule has 8 nitrogen and oxygen atoms in total. The quantitative estimate of drug-likeness (QED) is 0.659. The van der Waals surface area contributed by atoms with Crippen LogP contribution in [0.2, 0.25) is 0 Å². The van der Waals surface area contributed by atoms with Gasteiger partial charge in [-0.05, 0) is 37.3 Å². The number of amides is 2. The zero-order valence-corrected chi connectivity index (χ0v) is 18.7. The van der Waals surface area contributed by atoms with Crippen LogP contribution in [0.25, 0.3) is 0 Å². The Balaban J connectivity index is 1.74. The molecule has 1 unspecified atom stereocenters. The van der Waals surface area contributed by atoms with Crippen LogP contribution in [0.3, 0.4) is 0 Å². The third-order valence-corrected chi connectivity index (χ3v) is 5.45. The van der Waals surface area contributed by atoms with E-state index in [2.05, 4.69) is 10.4 Å². The van der Waals surface area contributed by atoms with Crippen molar-refractivity contribution in [3.05, 3.63) is 53.6 Å². The normalized spacial score (nSPS) is 15.3. The van der Waals surface area contributed by atoms with Crippen LogP contribution in [0, 0.1) is 6.92 Å². The molecule has 0 saturated carbocycles. The maximum absolute atomic E-state index is 12.2. The second-order valence-corrected chi connectivity index (χ2v) is 7.90. The van der Waals surface area contributed by atoms with Crippen molar-refractivity contribution in [1.82, 2.24) is 10.3 Å². The van der Waals surface area contributed by atoms with E-state index in [4.69, 9.17) is 14.2 Å². The molecule has 1 heterocycles. The Kier molecular flexibility index (Phi) is 7.41. The lowest BCUT2D eigenvalue weighted by Crippen LogP contribution is -2.25. The third-order valence-electron chi connectivity index (χ3n) is 4.36. The highest BCUT2D eigenvalue weighted by molar-refractivity contribution is 8.14. The van der Waals surface area contributed by atoms with Gasteiger partial charge in [-0.2, -0.15) is 0 Å². The Morgan fingerprint density at radius 1 is 1.06 bits per heavy atom. The highest BCUT2D eigenvalue weighted by Crippen LogP contribution is 2.43. The average Bonchev–Trinajstić information content (AvgIpc) is 3.15. The second-order valence-electron chi connectivity index (χ2n) is 6.83. The molecule has 2 amide bonds. The van der Waals surface area contributed by atoms with Gasteiger partial charge in [-0.3, -0.25) is 9.59 Å². The van der Waals surface area contributed by atoms with Gasteiger partial charge in [-0.25, -0.2) is 5.01 Å². The number of nitrogens with one attached hydrogen (secondary N) is 1. The lowest BCUT2D eigenvalue weighted by Gasteiger charge is -2.22. The summed E-state index contributed by atoms with van der Waals surface area (Å²) in [7, 11) is 1.57. The molecular formula is C22H25N3O5S. The summed E-state index contributed by atoms with van der Waals surface area (Å²) < 4.78 is 17.0.